The standard InChI is InChI=1S/C19H23NO3/c1-3-16-6-10-17(11-7-16)22-13-12-20-19(21)14-23-18-8-4-15(2)5-9-18/h4-11H,3,12-14H2,1-2H3,(H,20,21). The molecule has 4 heteroatoms. The van der Waals surface area contributed by atoms with Crippen LogP contribution in [0.2, 0.25) is 0 Å². The summed E-state index contributed by atoms with van der Waals surface area (Å²) in [5.41, 5.74) is 2.44. The van der Waals surface area contributed by atoms with Crippen molar-refractivity contribution in [1.82, 2.24) is 5.32 Å². The highest BCUT2D eigenvalue weighted by Gasteiger charge is 2.02. The van der Waals surface area contributed by atoms with Crippen LogP contribution in [0.5, 0.6) is 11.5 Å². The van der Waals surface area contributed by atoms with Crippen molar-refractivity contribution in [2.75, 3.05) is 19.8 Å². The largest absolute Gasteiger partial charge is 0.492 e. The molecular weight excluding hydrogens is 290 g/mol. The lowest BCUT2D eigenvalue weighted by atomic mass is 10.2. The van der Waals surface area contributed by atoms with E-state index in [-0.39, 0.29) is 12.5 Å². The molecule has 0 fully saturated rings. The predicted octanol–water partition coefficient (Wildman–Crippen LogP) is 3.13. The molecule has 0 bridgehead atoms. The van der Waals surface area contributed by atoms with Crippen LogP contribution in [0.3, 0.4) is 0 Å². The van der Waals surface area contributed by atoms with Gasteiger partial charge in [0.05, 0.1) is 6.54 Å². The Balaban J connectivity index is 1.61. The summed E-state index contributed by atoms with van der Waals surface area (Å²) in [6.07, 6.45) is 1.01. The highest BCUT2D eigenvalue weighted by molar-refractivity contribution is 5.77. The zero-order valence-electron chi connectivity index (χ0n) is 13.7. The van der Waals surface area contributed by atoms with Gasteiger partial charge in [-0.05, 0) is 43.2 Å². The second-order valence-electron chi connectivity index (χ2n) is 5.30. The third-order valence-electron chi connectivity index (χ3n) is 3.42. The van der Waals surface area contributed by atoms with E-state index in [1.54, 1.807) is 0 Å². The molecule has 1 N–H and O–H groups in total. The van der Waals surface area contributed by atoms with Gasteiger partial charge in [0.15, 0.2) is 6.61 Å². The summed E-state index contributed by atoms with van der Waals surface area (Å²) < 4.78 is 11.0. The Labute approximate surface area is 137 Å². The fourth-order valence-electron chi connectivity index (χ4n) is 2.02. The summed E-state index contributed by atoms with van der Waals surface area (Å²) >= 11 is 0. The number of rotatable bonds is 8. The molecule has 0 aliphatic heterocycles. The number of hydrogen-bond donors (Lipinski definition) is 1. The van der Waals surface area contributed by atoms with Crippen molar-refractivity contribution >= 4 is 5.91 Å². The van der Waals surface area contributed by atoms with Crippen LogP contribution in [0.4, 0.5) is 0 Å². The topological polar surface area (TPSA) is 47.6 Å². The first-order chi connectivity index (χ1) is 11.2. The first-order valence-corrected chi connectivity index (χ1v) is 7.85. The zero-order valence-corrected chi connectivity index (χ0v) is 13.7. The average Bonchev–Trinajstić information content (AvgIpc) is 2.59. The summed E-state index contributed by atoms with van der Waals surface area (Å²) in [6, 6.07) is 15.6. The smallest absolute Gasteiger partial charge is 0.258 e. The zero-order chi connectivity index (χ0) is 16.5. The lowest BCUT2D eigenvalue weighted by molar-refractivity contribution is -0.123. The van der Waals surface area contributed by atoms with Crippen LogP contribution in [0.1, 0.15) is 18.1 Å². The SMILES string of the molecule is CCc1ccc(OCCNC(=O)COc2ccc(C)cc2)cc1. The molecule has 0 aromatic heterocycles. The Kier molecular flexibility index (Phi) is 6.48. The van der Waals surface area contributed by atoms with Gasteiger partial charge in [-0.1, -0.05) is 36.8 Å². The normalized spacial score (nSPS) is 10.2. The minimum Gasteiger partial charge on any atom is -0.492 e. The van der Waals surface area contributed by atoms with Crippen LogP contribution < -0.4 is 14.8 Å². The fourth-order valence-corrected chi connectivity index (χ4v) is 2.02. The van der Waals surface area contributed by atoms with Gasteiger partial charge in [0.1, 0.15) is 18.1 Å². The predicted molar refractivity (Wildman–Crippen MR) is 91.0 cm³/mol. The van der Waals surface area contributed by atoms with E-state index in [9.17, 15) is 4.79 Å². The molecule has 2 aromatic rings. The van der Waals surface area contributed by atoms with E-state index < -0.39 is 0 Å². The van der Waals surface area contributed by atoms with Gasteiger partial charge in [0, 0.05) is 0 Å². The molecular formula is C19H23NO3. The molecule has 2 rings (SSSR count). The molecule has 0 saturated carbocycles. The van der Waals surface area contributed by atoms with Gasteiger partial charge >= 0.3 is 0 Å². The average molecular weight is 313 g/mol. The molecule has 0 saturated heterocycles. The van der Waals surface area contributed by atoms with Gasteiger partial charge in [0.25, 0.3) is 5.91 Å². The molecule has 122 valence electrons. The maximum Gasteiger partial charge on any atom is 0.258 e. The molecule has 2 aromatic carbocycles. The minimum atomic E-state index is -0.157. The molecule has 1 amide bonds. The number of carbonyl (C=O) groups is 1. The summed E-state index contributed by atoms with van der Waals surface area (Å²) in [6.45, 7) is 5.01. The van der Waals surface area contributed by atoms with E-state index in [0.717, 1.165) is 17.7 Å². The number of amides is 1. The quantitative estimate of drug-likeness (QED) is 0.762. The summed E-state index contributed by atoms with van der Waals surface area (Å²) in [4.78, 5) is 11.7. The van der Waals surface area contributed by atoms with E-state index in [4.69, 9.17) is 9.47 Å². The van der Waals surface area contributed by atoms with Crippen LogP contribution in [-0.2, 0) is 11.2 Å². The van der Waals surface area contributed by atoms with Crippen molar-refractivity contribution in [1.29, 1.82) is 0 Å². The molecule has 0 spiro atoms. The van der Waals surface area contributed by atoms with Gasteiger partial charge in [-0.3, -0.25) is 4.79 Å². The third-order valence-corrected chi connectivity index (χ3v) is 3.42. The molecule has 0 heterocycles. The van der Waals surface area contributed by atoms with E-state index in [0.29, 0.717) is 18.9 Å². The first kappa shape index (κ1) is 16.9. The molecule has 4 nitrogen and oxygen atoms in total. The molecule has 0 aliphatic carbocycles. The van der Waals surface area contributed by atoms with Crippen molar-refractivity contribution in [3.8, 4) is 11.5 Å². The number of ether oxygens (including phenoxy) is 2. The van der Waals surface area contributed by atoms with Crippen LogP contribution in [-0.4, -0.2) is 25.7 Å². The second-order valence-corrected chi connectivity index (χ2v) is 5.30. The Morgan fingerprint density at radius 3 is 2.22 bits per heavy atom. The summed E-state index contributed by atoms with van der Waals surface area (Å²) in [5, 5.41) is 2.77. The maximum atomic E-state index is 11.7. The van der Waals surface area contributed by atoms with Gasteiger partial charge in [-0.15, -0.1) is 0 Å². The van der Waals surface area contributed by atoms with Gasteiger partial charge in [-0.2, -0.15) is 0 Å². The monoisotopic (exact) mass is 313 g/mol. The Morgan fingerprint density at radius 2 is 1.57 bits per heavy atom. The van der Waals surface area contributed by atoms with E-state index in [1.165, 1.54) is 5.56 Å². The number of benzene rings is 2. The Bertz CT molecular complexity index is 606. The van der Waals surface area contributed by atoms with Crippen LogP contribution in [0.25, 0.3) is 0 Å². The van der Waals surface area contributed by atoms with Crippen molar-refractivity contribution in [3.63, 3.8) is 0 Å². The highest BCUT2D eigenvalue weighted by Crippen LogP contribution is 2.12. The summed E-state index contributed by atoms with van der Waals surface area (Å²) in [5.74, 6) is 1.35. The van der Waals surface area contributed by atoms with Crippen molar-refractivity contribution in [2.45, 2.75) is 20.3 Å². The number of aryl methyl sites for hydroxylation is 2. The van der Waals surface area contributed by atoms with Crippen molar-refractivity contribution < 1.29 is 14.3 Å². The van der Waals surface area contributed by atoms with Gasteiger partial charge < -0.3 is 14.8 Å². The molecule has 0 aliphatic rings. The Morgan fingerprint density at radius 1 is 0.957 bits per heavy atom. The fraction of sp³-hybridized carbons (Fsp3) is 0.316. The molecule has 0 unspecified atom stereocenters. The minimum absolute atomic E-state index is 0.00819. The summed E-state index contributed by atoms with van der Waals surface area (Å²) in [7, 11) is 0. The third kappa shape index (κ3) is 6.02. The molecule has 0 atom stereocenters. The molecule has 23 heavy (non-hydrogen) atoms. The van der Waals surface area contributed by atoms with Crippen molar-refractivity contribution in [2.24, 2.45) is 0 Å². The van der Waals surface area contributed by atoms with Gasteiger partial charge in [0.2, 0.25) is 0 Å². The maximum absolute atomic E-state index is 11.7. The number of hydrogen-bond acceptors (Lipinski definition) is 3. The first-order valence-electron chi connectivity index (χ1n) is 7.85. The highest BCUT2D eigenvalue weighted by atomic mass is 16.5. The van der Waals surface area contributed by atoms with Crippen molar-refractivity contribution in [3.05, 3.63) is 59.7 Å². The van der Waals surface area contributed by atoms with E-state index in [1.807, 2.05) is 55.5 Å². The Hall–Kier alpha value is -2.49. The molecule has 0 radical (unpaired) electrons. The lowest BCUT2D eigenvalue weighted by Gasteiger charge is -2.09. The lowest BCUT2D eigenvalue weighted by Crippen LogP contribution is -2.32. The number of nitrogens with one attached hydrogen (secondary N) is 1. The van der Waals surface area contributed by atoms with Gasteiger partial charge in [-0.25, -0.2) is 0 Å². The van der Waals surface area contributed by atoms with Crippen LogP contribution in [0, 0.1) is 6.92 Å². The van der Waals surface area contributed by atoms with Crippen LogP contribution >= 0.6 is 0 Å². The second kappa shape index (κ2) is 8.83. The van der Waals surface area contributed by atoms with E-state index >= 15 is 0 Å². The van der Waals surface area contributed by atoms with E-state index in [2.05, 4.69) is 12.2 Å². The number of carbonyl (C=O) groups excluding carboxylic acids is 1. The van der Waals surface area contributed by atoms with Crippen LogP contribution in [0.15, 0.2) is 48.5 Å².